The third-order valence-corrected chi connectivity index (χ3v) is 8.32. The van der Waals surface area contributed by atoms with Crippen molar-refractivity contribution >= 4 is 13.3 Å². The lowest BCUT2D eigenvalue weighted by Gasteiger charge is -2.43. The number of carboxylic acids is 1. The van der Waals surface area contributed by atoms with Gasteiger partial charge in [0.25, 0.3) is 0 Å². The summed E-state index contributed by atoms with van der Waals surface area (Å²) in [7, 11) is -3.81. The van der Waals surface area contributed by atoms with Crippen molar-refractivity contribution in [2.24, 2.45) is 5.73 Å². The highest BCUT2D eigenvalue weighted by Gasteiger charge is 2.56. The lowest BCUT2D eigenvalue weighted by atomic mass is 9.99. The molecule has 0 aromatic heterocycles. The maximum atomic E-state index is 12.8. The molecule has 2 unspecified atom stereocenters. The fourth-order valence-corrected chi connectivity index (χ4v) is 6.08. The van der Waals surface area contributed by atoms with Crippen molar-refractivity contribution in [3.63, 3.8) is 0 Å². The first-order chi connectivity index (χ1) is 14.4. The van der Waals surface area contributed by atoms with Crippen molar-refractivity contribution in [3.05, 3.63) is 60.2 Å². The minimum absolute atomic E-state index is 0.0167. The smallest absolute Gasteiger partial charge is 0.320 e. The summed E-state index contributed by atoms with van der Waals surface area (Å²) < 4.78 is 18.6. The summed E-state index contributed by atoms with van der Waals surface area (Å²) in [6, 6.07) is 17.1. The van der Waals surface area contributed by atoms with E-state index in [2.05, 4.69) is 0 Å². The number of unbranched alkanes of at least 4 members (excludes halogenated alkanes) is 1. The van der Waals surface area contributed by atoms with E-state index in [1.54, 1.807) is 0 Å². The van der Waals surface area contributed by atoms with Crippen LogP contribution in [0.25, 0.3) is 0 Å². The maximum absolute atomic E-state index is 12.8. The molecule has 2 aromatic rings. The van der Waals surface area contributed by atoms with Gasteiger partial charge in [-0.2, -0.15) is 0 Å². The van der Waals surface area contributed by atoms with Crippen LogP contribution in [-0.4, -0.2) is 51.8 Å². The van der Waals surface area contributed by atoms with Crippen LogP contribution in [0, 0.1) is 0 Å². The van der Waals surface area contributed by atoms with Crippen LogP contribution in [0.2, 0.25) is 0 Å². The molecule has 3 rings (SSSR count). The number of para-hydroxylation sites is 1. The van der Waals surface area contributed by atoms with E-state index in [4.69, 9.17) is 10.5 Å². The molecule has 8 heteroatoms. The summed E-state index contributed by atoms with van der Waals surface area (Å²) in [5.41, 5.74) is 6.51. The second-order valence-electron chi connectivity index (χ2n) is 7.78. The highest BCUT2D eigenvalue weighted by atomic mass is 31.2. The van der Waals surface area contributed by atoms with Crippen LogP contribution in [0.3, 0.4) is 0 Å². The second-order valence-corrected chi connectivity index (χ2v) is 10.5. The molecular weight excluding hydrogens is 403 g/mol. The fraction of sp³-hybridized carbons (Fsp3) is 0.409. The normalized spacial score (nSPS) is 24.5. The van der Waals surface area contributed by atoms with Gasteiger partial charge in [0.1, 0.15) is 11.5 Å². The number of nitrogens with two attached hydrogens (primary N) is 1. The Kier molecular flexibility index (Phi) is 7.32. The van der Waals surface area contributed by atoms with E-state index in [-0.39, 0.29) is 19.1 Å². The molecule has 162 valence electrons. The van der Waals surface area contributed by atoms with Gasteiger partial charge < -0.3 is 20.5 Å². The van der Waals surface area contributed by atoms with Crippen molar-refractivity contribution in [1.82, 2.24) is 4.90 Å². The largest absolute Gasteiger partial charge is 0.480 e. The summed E-state index contributed by atoms with van der Waals surface area (Å²) in [5, 5.41) is 8.25. The monoisotopic (exact) mass is 432 g/mol. The number of hydrogen-bond donors (Lipinski definition) is 3. The standard InChI is InChI=1S/C22H29N2O5P/c23-13-5-4-12-22(21(25)26)17-24(14-15-30(22,27)28)16-18-8-10-20(11-9-18)29-19-6-2-1-3-7-19/h1-3,6-11H,4-5,12-17,23H2,(H,25,26)(H,27,28). The Morgan fingerprint density at radius 3 is 2.40 bits per heavy atom. The highest BCUT2D eigenvalue weighted by molar-refractivity contribution is 7.61. The molecule has 1 heterocycles. The Hall–Kier alpha value is -2.18. The molecule has 0 saturated carbocycles. The number of carboxylic acid groups (broad SMARTS) is 1. The van der Waals surface area contributed by atoms with Gasteiger partial charge in [-0.1, -0.05) is 36.8 Å². The average Bonchev–Trinajstić information content (AvgIpc) is 2.72. The number of rotatable bonds is 9. The molecule has 1 saturated heterocycles. The summed E-state index contributed by atoms with van der Waals surface area (Å²) >= 11 is 0. The summed E-state index contributed by atoms with van der Waals surface area (Å²) in [6.07, 6.45) is 1.30. The van der Waals surface area contributed by atoms with Crippen molar-refractivity contribution in [3.8, 4) is 11.5 Å². The average molecular weight is 432 g/mol. The molecule has 0 amide bonds. The van der Waals surface area contributed by atoms with Crippen molar-refractivity contribution in [2.45, 2.75) is 31.0 Å². The first kappa shape index (κ1) is 22.5. The van der Waals surface area contributed by atoms with Crippen LogP contribution < -0.4 is 10.5 Å². The molecule has 7 nitrogen and oxygen atoms in total. The zero-order chi connectivity index (χ0) is 21.6. The minimum Gasteiger partial charge on any atom is -0.480 e. The third-order valence-electron chi connectivity index (χ3n) is 5.62. The van der Waals surface area contributed by atoms with Gasteiger partial charge in [0.15, 0.2) is 5.16 Å². The predicted molar refractivity (Wildman–Crippen MR) is 116 cm³/mol. The zero-order valence-electron chi connectivity index (χ0n) is 16.9. The van der Waals surface area contributed by atoms with Crippen LogP contribution in [0.1, 0.15) is 24.8 Å². The van der Waals surface area contributed by atoms with Crippen LogP contribution in [-0.2, 0) is 15.9 Å². The highest BCUT2D eigenvalue weighted by Crippen LogP contribution is 2.59. The van der Waals surface area contributed by atoms with E-state index in [0.717, 1.165) is 11.3 Å². The number of benzene rings is 2. The third kappa shape index (κ3) is 5.10. The Labute approximate surface area is 176 Å². The van der Waals surface area contributed by atoms with Crippen molar-refractivity contribution < 1.29 is 24.1 Å². The van der Waals surface area contributed by atoms with Gasteiger partial charge >= 0.3 is 5.97 Å². The number of nitrogens with zero attached hydrogens (tertiary/aromatic N) is 1. The van der Waals surface area contributed by atoms with Gasteiger partial charge in [0.2, 0.25) is 7.37 Å². The minimum atomic E-state index is -3.81. The molecule has 1 aliphatic heterocycles. The summed E-state index contributed by atoms with van der Waals surface area (Å²) in [4.78, 5) is 24.6. The number of hydrogen-bond acceptors (Lipinski definition) is 5. The summed E-state index contributed by atoms with van der Waals surface area (Å²) in [5.74, 6) is 0.274. The Bertz CT molecular complexity index is 890. The second kappa shape index (κ2) is 9.75. The van der Waals surface area contributed by atoms with E-state index in [9.17, 15) is 19.4 Å². The van der Waals surface area contributed by atoms with Gasteiger partial charge in [0, 0.05) is 25.8 Å². The molecule has 0 radical (unpaired) electrons. The quantitative estimate of drug-likeness (QED) is 0.410. The molecule has 1 aliphatic rings. The van der Waals surface area contributed by atoms with Crippen LogP contribution >= 0.6 is 7.37 Å². The van der Waals surface area contributed by atoms with Gasteiger partial charge in [-0.25, -0.2) is 0 Å². The molecule has 30 heavy (non-hydrogen) atoms. The molecule has 2 atom stereocenters. The van der Waals surface area contributed by atoms with Gasteiger partial charge in [-0.05, 0) is 49.2 Å². The van der Waals surface area contributed by atoms with Crippen molar-refractivity contribution in [1.29, 1.82) is 0 Å². The zero-order valence-corrected chi connectivity index (χ0v) is 17.8. The molecule has 1 fully saturated rings. The van der Waals surface area contributed by atoms with Gasteiger partial charge in [-0.3, -0.25) is 14.3 Å². The SMILES string of the molecule is NCCCCC1(C(=O)O)CN(Cc2ccc(Oc3ccccc3)cc2)CCP1(=O)O. The van der Waals surface area contributed by atoms with E-state index in [1.165, 1.54) is 0 Å². The Morgan fingerprint density at radius 1 is 1.10 bits per heavy atom. The fourth-order valence-electron chi connectivity index (χ4n) is 3.87. The van der Waals surface area contributed by atoms with E-state index in [0.29, 0.717) is 38.2 Å². The maximum Gasteiger partial charge on any atom is 0.320 e. The lowest BCUT2D eigenvalue weighted by molar-refractivity contribution is -0.141. The number of ether oxygens (including phenoxy) is 1. The summed E-state index contributed by atoms with van der Waals surface area (Å²) in [6.45, 7) is 1.40. The van der Waals surface area contributed by atoms with E-state index >= 15 is 0 Å². The first-order valence-corrected chi connectivity index (χ1v) is 12.0. The van der Waals surface area contributed by atoms with Crippen molar-refractivity contribution in [2.75, 3.05) is 25.8 Å². The molecule has 0 bridgehead atoms. The lowest BCUT2D eigenvalue weighted by Crippen LogP contribution is -2.53. The molecular formula is C22H29N2O5P. The first-order valence-electron chi connectivity index (χ1n) is 10.2. The van der Waals surface area contributed by atoms with Crippen LogP contribution in [0.5, 0.6) is 11.5 Å². The predicted octanol–water partition coefficient (Wildman–Crippen LogP) is 3.52. The Balaban J connectivity index is 1.69. The number of carbonyl (C=O) groups is 1. The molecule has 4 N–H and O–H groups in total. The molecule has 0 aliphatic carbocycles. The van der Waals surface area contributed by atoms with Crippen LogP contribution in [0.15, 0.2) is 54.6 Å². The Morgan fingerprint density at radius 2 is 1.77 bits per heavy atom. The van der Waals surface area contributed by atoms with E-state index < -0.39 is 18.5 Å². The topological polar surface area (TPSA) is 113 Å². The number of aliphatic carboxylic acids is 1. The van der Waals surface area contributed by atoms with Crippen LogP contribution in [0.4, 0.5) is 0 Å². The van der Waals surface area contributed by atoms with Gasteiger partial charge in [0.05, 0.1) is 0 Å². The van der Waals surface area contributed by atoms with E-state index in [1.807, 2.05) is 59.5 Å². The molecule has 2 aromatic carbocycles. The molecule has 0 spiro atoms. The van der Waals surface area contributed by atoms with Gasteiger partial charge in [-0.15, -0.1) is 0 Å².